The molecule has 0 aliphatic heterocycles. The maximum Gasteiger partial charge on any atom is 0.240 e. The molecular formula is C13H20N2O2S. The number of hydrogen-bond acceptors (Lipinski definition) is 3. The van der Waals surface area contributed by atoms with Crippen molar-refractivity contribution in [1.29, 1.82) is 0 Å². The second kappa shape index (κ2) is 5.82. The molecule has 18 heavy (non-hydrogen) atoms. The minimum absolute atomic E-state index is 0.303. The zero-order valence-corrected chi connectivity index (χ0v) is 11.2. The van der Waals surface area contributed by atoms with E-state index in [9.17, 15) is 8.42 Å². The predicted octanol–water partition coefficient (Wildman–Crippen LogP) is 1.61. The van der Waals surface area contributed by atoms with Gasteiger partial charge in [-0.1, -0.05) is 25.0 Å². The second-order valence-corrected chi connectivity index (χ2v) is 6.60. The quantitative estimate of drug-likeness (QED) is 0.738. The average molecular weight is 268 g/mol. The summed E-state index contributed by atoms with van der Waals surface area (Å²) in [6, 6.07) is 6.78. The van der Waals surface area contributed by atoms with Crippen molar-refractivity contribution >= 4 is 10.0 Å². The highest BCUT2D eigenvalue weighted by atomic mass is 32.2. The number of rotatable bonds is 7. The van der Waals surface area contributed by atoms with Crippen LogP contribution in [0.25, 0.3) is 0 Å². The molecule has 0 heterocycles. The van der Waals surface area contributed by atoms with Crippen LogP contribution in [0.4, 0.5) is 0 Å². The molecule has 1 saturated carbocycles. The topological polar surface area (TPSA) is 72.2 Å². The fraction of sp³-hybridized carbons (Fsp3) is 0.538. The summed E-state index contributed by atoms with van der Waals surface area (Å²) in [4.78, 5) is 0.303. The highest BCUT2D eigenvalue weighted by Gasteiger charge is 2.20. The zero-order chi connectivity index (χ0) is 13.0. The van der Waals surface area contributed by atoms with Crippen LogP contribution in [0, 0.1) is 5.92 Å². The first-order valence-corrected chi connectivity index (χ1v) is 7.89. The summed E-state index contributed by atoms with van der Waals surface area (Å²) in [5.41, 5.74) is 6.34. The van der Waals surface area contributed by atoms with Crippen molar-refractivity contribution in [2.45, 2.75) is 37.1 Å². The Morgan fingerprint density at radius 2 is 2.11 bits per heavy atom. The molecule has 0 saturated heterocycles. The third kappa shape index (κ3) is 3.80. The normalized spacial score (nSPS) is 15.8. The van der Waals surface area contributed by atoms with Crippen molar-refractivity contribution in [3.05, 3.63) is 29.8 Å². The van der Waals surface area contributed by atoms with Crippen molar-refractivity contribution in [3.63, 3.8) is 0 Å². The molecule has 1 aliphatic carbocycles. The number of benzene rings is 1. The lowest BCUT2D eigenvalue weighted by Gasteiger charge is -2.07. The molecule has 0 bridgehead atoms. The molecule has 0 aromatic heterocycles. The lowest BCUT2D eigenvalue weighted by Crippen LogP contribution is -2.25. The minimum Gasteiger partial charge on any atom is -0.326 e. The molecule has 0 atom stereocenters. The molecule has 1 aliphatic rings. The molecule has 4 nitrogen and oxygen atoms in total. The van der Waals surface area contributed by atoms with Gasteiger partial charge in [-0.05, 0) is 36.5 Å². The van der Waals surface area contributed by atoms with Crippen LogP contribution >= 0.6 is 0 Å². The van der Waals surface area contributed by atoms with Crippen molar-refractivity contribution in [2.24, 2.45) is 11.7 Å². The van der Waals surface area contributed by atoms with Crippen molar-refractivity contribution in [2.75, 3.05) is 6.54 Å². The zero-order valence-electron chi connectivity index (χ0n) is 10.4. The van der Waals surface area contributed by atoms with E-state index in [2.05, 4.69) is 4.72 Å². The first-order valence-electron chi connectivity index (χ1n) is 6.40. The van der Waals surface area contributed by atoms with Crippen LogP contribution in [-0.4, -0.2) is 15.0 Å². The fourth-order valence-corrected chi connectivity index (χ4v) is 3.07. The van der Waals surface area contributed by atoms with E-state index in [1.54, 1.807) is 18.2 Å². The molecule has 3 N–H and O–H groups in total. The van der Waals surface area contributed by atoms with Crippen LogP contribution in [0.3, 0.4) is 0 Å². The van der Waals surface area contributed by atoms with Crippen molar-refractivity contribution < 1.29 is 8.42 Å². The molecule has 1 aromatic carbocycles. The molecule has 0 radical (unpaired) electrons. The molecular weight excluding hydrogens is 248 g/mol. The predicted molar refractivity (Wildman–Crippen MR) is 71.5 cm³/mol. The second-order valence-electron chi connectivity index (χ2n) is 4.83. The van der Waals surface area contributed by atoms with Crippen LogP contribution in [0.15, 0.2) is 29.2 Å². The van der Waals surface area contributed by atoms with Crippen LogP contribution < -0.4 is 10.5 Å². The van der Waals surface area contributed by atoms with Gasteiger partial charge in [-0.15, -0.1) is 0 Å². The Kier molecular flexibility index (Phi) is 4.37. The Morgan fingerprint density at radius 3 is 2.78 bits per heavy atom. The molecule has 1 fully saturated rings. The van der Waals surface area contributed by atoms with E-state index in [1.807, 2.05) is 6.07 Å². The standard InChI is InChI=1S/C13H20N2O2S/c14-10-12-3-1-5-13(9-12)18(16,17)15-8-2-4-11-6-7-11/h1,3,5,9,11,15H,2,4,6-8,10,14H2. The smallest absolute Gasteiger partial charge is 0.240 e. The van der Waals surface area contributed by atoms with E-state index in [0.29, 0.717) is 18.0 Å². The van der Waals surface area contributed by atoms with Crippen LogP contribution in [0.1, 0.15) is 31.2 Å². The summed E-state index contributed by atoms with van der Waals surface area (Å²) in [5, 5.41) is 0. The summed E-state index contributed by atoms with van der Waals surface area (Å²) in [6.07, 6.45) is 4.67. The molecule has 100 valence electrons. The molecule has 5 heteroatoms. The summed E-state index contributed by atoms with van der Waals surface area (Å²) < 4.78 is 26.7. The van der Waals surface area contributed by atoms with E-state index in [-0.39, 0.29) is 0 Å². The number of nitrogens with one attached hydrogen (secondary N) is 1. The van der Waals surface area contributed by atoms with E-state index in [0.717, 1.165) is 24.3 Å². The number of sulfonamides is 1. The summed E-state index contributed by atoms with van der Waals surface area (Å²) in [5.74, 6) is 0.843. The maximum atomic E-state index is 12.0. The third-order valence-electron chi connectivity index (χ3n) is 3.22. The summed E-state index contributed by atoms with van der Waals surface area (Å²) >= 11 is 0. The lowest BCUT2D eigenvalue weighted by atomic mass is 10.2. The van der Waals surface area contributed by atoms with Gasteiger partial charge >= 0.3 is 0 Å². The van der Waals surface area contributed by atoms with Crippen LogP contribution in [0.2, 0.25) is 0 Å². The van der Waals surface area contributed by atoms with Gasteiger partial charge in [0, 0.05) is 13.1 Å². The van der Waals surface area contributed by atoms with Gasteiger partial charge in [0.2, 0.25) is 10.0 Å². The average Bonchev–Trinajstić information content (AvgIpc) is 3.19. The monoisotopic (exact) mass is 268 g/mol. The highest BCUT2D eigenvalue weighted by molar-refractivity contribution is 7.89. The van der Waals surface area contributed by atoms with Gasteiger partial charge < -0.3 is 5.73 Å². The molecule has 1 aromatic rings. The minimum atomic E-state index is -3.38. The van der Waals surface area contributed by atoms with Gasteiger partial charge in [-0.25, -0.2) is 13.1 Å². The molecule has 0 amide bonds. The number of nitrogens with two attached hydrogens (primary N) is 1. The van der Waals surface area contributed by atoms with Gasteiger partial charge in [0.05, 0.1) is 4.90 Å². The fourth-order valence-electron chi connectivity index (χ4n) is 1.93. The third-order valence-corrected chi connectivity index (χ3v) is 4.68. The highest BCUT2D eigenvalue weighted by Crippen LogP contribution is 2.33. The Balaban J connectivity index is 1.91. The van der Waals surface area contributed by atoms with E-state index in [4.69, 9.17) is 5.73 Å². The summed E-state index contributed by atoms with van der Waals surface area (Å²) in [7, 11) is -3.38. The van der Waals surface area contributed by atoms with Crippen molar-refractivity contribution in [1.82, 2.24) is 4.72 Å². The van der Waals surface area contributed by atoms with Gasteiger partial charge in [-0.3, -0.25) is 0 Å². The van der Waals surface area contributed by atoms with Gasteiger partial charge in [0.25, 0.3) is 0 Å². The Bertz CT molecular complexity index is 495. The van der Waals surface area contributed by atoms with Gasteiger partial charge in [0.1, 0.15) is 0 Å². The first kappa shape index (κ1) is 13.5. The van der Waals surface area contributed by atoms with Gasteiger partial charge in [-0.2, -0.15) is 0 Å². The first-order chi connectivity index (χ1) is 8.62. The van der Waals surface area contributed by atoms with Crippen LogP contribution in [-0.2, 0) is 16.6 Å². The Morgan fingerprint density at radius 1 is 1.33 bits per heavy atom. The largest absolute Gasteiger partial charge is 0.326 e. The SMILES string of the molecule is NCc1cccc(S(=O)(=O)NCCCC2CC2)c1. The Hall–Kier alpha value is -0.910. The Labute approximate surface area is 109 Å². The number of hydrogen-bond donors (Lipinski definition) is 2. The van der Waals surface area contributed by atoms with Crippen LogP contribution in [0.5, 0.6) is 0 Å². The molecule has 0 unspecified atom stereocenters. The van der Waals surface area contributed by atoms with Gasteiger partial charge in [0.15, 0.2) is 0 Å². The maximum absolute atomic E-state index is 12.0. The van der Waals surface area contributed by atoms with E-state index in [1.165, 1.54) is 12.8 Å². The lowest BCUT2D eigenvalue weighted by molar-refractivity contribution is 0.572. The van der Waals surface area contributed by atoms with E-state index < -0.39 is 10.0 Å². The van der Waals surface area contributed by atoms with E-state index >= 15 is 0 Å². The molecule has 2 rings (SSSR count). The summed E-state index contributed by atoms with van der Waals surface area (Å²) in [6.45, 7) is 0.872. The molecule has 0 spiro atoms. The van der Waals surface area contributed by atoms with Crippen molar-refractivity contribution in [3.8, 4) is 0 Å².